The molecule has 0 spiro atoms. The standard InChI is InChI=1S/C12H12ClN3O3/c1-6-2-8(16-19-6)5-15-11-9(12(17)18)3-7(14)4-10(11)13/h2-4,15H,5,14H2,1H3,(H,17,18). The van der Waals surface area contributed by atoms with Crippen molar-refractivity contribution < 1.29 is 14.4 Å². The number of aromatic nitrogens is 1. The van der Waals surface area contributed by atoms with Gasteiger partial charge in [-0.2, -0.15) is 0 Å². The Bertz CT molecular complexity index is 625. The van der Waals surface area contributed by atoms with Gasteiger partial charge in [0.15, 0.2) is 0 Å². The molecule has 0 atom stereocenters. The van der Waals surface area contributed by atoms with Crippen molar-refractivity contribution in [1.29, 1.82) is 0 Å². The molecule has 1 heterocycles. The first-order chi connectivity index (χ1) is 8.97. The Morgan fingerprint density at radius 1 is 1.53 bits per heavy atom. The zero-order chi connectivity index (χ0) is 14.0. The predicted octanol–water partition coefficient (Wildman–Crippen LogP) is 2.53. The number of carbonyl (C=O) groups is 1. The lowest BCUT2D eigenvalue weighted by Crippen LogP contribution is -2.08. The minimum absolute atomic E-state index is 0.0187. The third-order valence-electron chi connectivity index (χ3n) is 2.47. The highest BCUT2D eigenvalue weighted by Gasteiger charge is 2.15. The van der Waals surface area contributed by atoms with Crippen molar-refractivity contribution in [2.75, 3.05) is 11.1 Å². The molecule has 7 heteroatoms. The van der Waals surface area contributed by atoms with Crippen LogP contribution in [0.5, 0.6) is 0 Å². The molecule has 19 heavy (non-hydrogen) atoms. The molecule has 0 saturated heterocycles. The second kappa shape index (κ2) is 5.19. The van der Waals surface area contributed by atoms with Gasteiger partial charge in [-0.15, -0.1) is 0 Å². The monoisotopic (exact) mass is 281 g/mol. The summed E-state index contributed by atoms with van der Waals surface area (Å²) in [5.41, 5.74) is 6.85. The van der Waals surface area contributed by atoms with Gasteiger partial charge in [0.05, 0.1) is 22.8 Å². The number of benzene rings is 1. The maximum absolute atomic E-state index is 11.2. The summed E-state index contributed by atoms with van der Waals surface area (Å²) in [5, 5.41) is 16.1. The van der Waals surface area contributed by atoms with E-state index in [9.17, 15) is 4.79 Å². The smallest absolute Gasteiger partial charge is 0.337 e. The van der Waals surface area contributed by atoms with Crippen molar-refractivity contribution in [3.63, 3.8) is 0 Å². The largest absolute Gasteiger partial charge is 0.478 e. The molecule has 4 N–H and O–H groups in total. The highest BCUT2D eigenvalue weighted by atomic mass is 35.5. The number of aromatic carboxylic acids is 1. The zero-order valence-electron chi connectivity index (χ0n) is 10.1. The number of nitrogen functional groups attached to an aromatic ring is 1. The van der Waals surface area contributed by atoms with E-state index in [2.05, 4.69) is 10.5 Å². The molecule has 0 bridgehead atoms. The number of aryl methyl sites for hydroxylation is 1. The second-order valence-corrected chi connectivity index (χ2v) is 4.42. The van der Waals surface area contributed by atoms with Crippen LogP contribution in [0, 0.1) is 6.92 Å². The number of anilines is 2. The fraction of sp³-hybridized carbons (Fsp3) is 0.167. The Balaban J connectivity index is 2.26. The fourth-order valence-electron chi connectivity index (χ4n) is 1.66. The van der Waals surface area contributed by atoms with Crippen molar-refractivity contribution >= 4 is 28.9 Å². The molecule has 2 rings (SSSR count). The van der Waals surface area contributed by atoms with Crippen molar-refractivity contribution in [2.24, 2.45) is 0 Å². The highest BCUT2D eigenvalue weighted by molar-refractivity contribution is 6.34. The van der Waals surface area contributed by atoms with Crippen molar-refractivity contribution in [2.45, 2.75) is 13.5 Å². The van der Waals surface area contributed by atoms with Crippen LogP contribution in [-0.4, -0.2) is 16.2 Å². The molecule has 0 amide bonds. The second-order valence-electron chi connectivity index (χ2n) is 4.01. The Morgan fingerprint density at radius 3 is 2.84 bits per heavy atom. The molecule has 0 aliphatic heterocycles. The van der Waals surface area contributed by atoms with E-state index >= 15 is 0 Å². The molecule has 0 aliphatic rings. The third kappa shape index (κ3) is 2.97. The molecule has 0 fully saturated rings. The summed E-state index contributed by atoms with van der Waals surface area (Å²) in [7, 11) is 0. The molecular formula is C12H12ClN3O3. The van der Waals surface area contributed by atoms with Gasteiger partial charge in [0, 0.05) is 11.8 Å². The number of hydrogen-bond acceptors (Lipinski definition) is 5. The Hall–Kier alpha value is -2.21. The summed E-state index contributed by atoms with van der Waals surface area (Å²) >= 11 is 6.00. The van der Waals surface area contributed by atoms with Crippen LogP contribution >= 0.6 is 11.6 Å². The van der Waals surface area contributed by atoms with E-state index in [1.54, 1.807) is 13.0 Å². The van der Waals surface area contributed by atoms with Crippen LogP contribution in [0.2, 0.25) is 5.02 Å². The average Bonchev–Trinajstić information content (AvgIpc) is 2.73. The summed E-state index contributed by atoms with van der Waals surface area (Å²) in [6, 6.07) is 4.59. The molecule has 0 saturated carbocycles. The van der Waals surface area contributed by atoms with Gasteiger partial charge in [-0.25, -0.2) is 4.79 Å². The average molecular weight is 282 g/mol. The van der Waals surface area contributed by atoms with Gasteiger partial charge in [-0.3, -0.25) is 0 Å². The van der Waals surface area contributed by atoms with Gasteiger partial charge in [0.1, 0.15) is 11.5 Å². The fourth-order valence-corrected chi connectivity index (χ4v) is 1.95. The summed E-state index contributed by atoms with van der Waals surface area (Å²) in [5.74, 6) is -0.424. The van der Waals surface area contributed by atoms with Gasteiger partial charge in [0.25, 0.3) is 0 Å². The minimum Gasteiger partial charge on any atom is -0.478 e. The van der Waals surface area contributed by atoms with E-state index < -0.39 is 5.97 Å². The number of nitrogens with zero attached hydrogens (tertiary/aromatic N) is 1. The zero-order valence-corrected chi connectivity index (χ0v) is 10.9. The van der Waals surface area contributed by atoms with Crippen LogP contribution < -0.4 is 11.1 Å². The number of hydrogen-bond donors (Lipinski definition) is 3. The van der Waals surface area contributed by atoms with Crippen LogP contribution in [0.15, 0.2) is 22.7 Å². The molecule has 6 nitrogen and oxygen atoms in total. The first-order valence-electron chi connectivity index (χ1n) is 5.45. The molecule has 2 aromatic rings. The number of rotatable bonds is 4. The van der Waals surface area contributed by atoms with E-state index in [1.165, 1.54) is 12.1 Å². The van der Waals surface area contributed by atoms with Crippen molar-refractivity contribution in [3.8, 4) is 0 Å². The lowest BCUT2D eigenvalue weighted by molar-refractivity contribution is 0.0698. The molecule has 0 radical (unpaired) electrons. The minimum atomic E-state index is -1.10. The van der Waals surface area contributed by atoms with E-state index in [0.29, 0.717) is 29.4 Å². The quantitative estimate of drug-likeness (QED) is 0.744. The van der Waals surface area contributed by atoms with Crippen molar-refractivity contribution in [1.82, 2.24) is 5.16 Å². The van der Waals surface area contributed by atoms with Crippen LogP contribution in [0.1, 0.15) is 21.8 Å². The maximum atomic E-state index is 11.2. The predicted molar refractivity (Wildman–Crippen MR) is 71.4 cm³/mol. The maximum Gasteiger partial charge on any atom is 0.337 e. The first kappa shape index (κ1) is 13.2. The Labute approximate surface area is 114 Å². The van der Waals surface area contributed by atoms with Gasteiger partial charge >= 0.3 is 5.97 Å². The molecule has 1 aromatic heterocycles. The number of carboxylic acids is 1. The van der Waals surface area contributed by atoms with Crippen LogP contribution in [0.3, 0.4) is 0 Å². The van der Waals surface area contributed by atoms with Gasteiger partial charge in [-0.1, -0.05) is 16.8 Å². The molecular weight excluding hydrogens is 270 g/mol. The Kier molecular flexibility index (Phi) is 3.62. The normalized spacial score (nSPS) is 10.4. The van der Waals surface area contributed by atoms with E-state index in [-0.39, 0.29) is 10.6 Å². The Morgan fingerprint density at radius 2 is 2.26 bits per heavy atom. The van der Waals surface area contributed by atoms with E-state index in [0.717, 1.165) is 0 Å². The summed E-state index contributed by atoms with van der Waals surface area (Å²) in [4.78, 5) is 11.2. The number of nitrogens with two attached hydrogens (primary N) is 1. The SMILES string of the molecule is Cc1cc(CNc2c(Cl)cc(N)cc2C(=O)O)no1. The molecule has 0 aliphatic carbocycles. The van der Waals surface area contributed by atoms with Crippen LogP contribution in [0.4, 0.5) is 11.4 Å². The first-order valence-corrected chi connectivity index (χ1v) is 5.83. The number of carboxylic acid groups (broad SMARTS) is 1. The highest BCUT2D eigenvalue weighted by Crippen LogP contribution is 2.29. The summed E-state index contributed by atoms with van der Waals surface area (Å²) < 4.78 is 4.92. The lowest BCUT2D eigenvalue weighted by Gasteiger charge is -2.11. The van der Waals surface area contributed by atoms with Gasteiger partial charge in [0.2, 0.25) is 0 Å². The number of nitrogens with one attached hydrogen (secondary N) is 1. The topological polar surface area (TPSA) is 101 Å². The molecule has 0 unspecified atom stereocenters. The van der Waals surface area contributed by atoms with Gasteiger partial charge in [-0.05, 0) is 19.1 Å². The van der Waals surface area contributed by atoms with Crippen LogP contribution in [0.25, 0.3) is 0 Å². The van der Waals surface area contributed by atoms with Crippen molar-refractivity contribution in [3.05, 3.63) is 40.2 Å². The third-order valence-corrected chi connectivity index (χ3v) is 2.76. The van der Waals surface area contributed by atoms with E-state index in [4.69, 9.17) is 27.0 Å². The summed E-state index contributed by atoms with van der Waals surface area (Å²) in [6.07, 6.45) is 0. The lowest BCUT2D eigenvalue weighted by atomic mass is 10.1. The van der Waals surface area contributed by atoms with Crippen LogP contribution in [-0.2, 0) is 6.54 Å². The van der Waals surface area contributed by atoms with E-state index in [1.807, 2.05) is 0 Å². The molecule has 100 valence electrons. The number of halogens is 1. The summed E-state index contributed by atoms with van der Waals surface area (Å²) in [6.45, 7) is 2.08. The van der Waals surface area contributed by atoms with Gasteiger partial charge < -0.3 is 20.7 Å². The molecule has 1 aromatic carbocycles.